The molecule has 4 aromatic rings. The van der Waals surface area contributed by atoms with E-state index in [2.05, 4.69) is 29.3 Å². The first kappa shape index (κ1) is 25.2. The first-order valence-electron chi connectivity index (χ1n) is 11.3. The van der Waals surface area contributed by atoms with E-state index >= 15 is 0 Å². The fourth-order valence-corrected chi connectivity index (χ4v) is 6.04. The predicted molar refractivity (Wildman–Crippen MR) is 152 cm³/mol. The summed E-state index contributed by atoms with van der Waals surface area (Å²) in [6.07, 6.45) is 5.48. The second kappa shape index (κ2) is 10.5. The van der Waals surface area contributed by atoms with E-state index < -0.39 is 4.87 Å². The third kappa shape index (κ3) is 4.91. The minimum absolute atomic E-state index is 0.440. The molecule has 5 nitrogen and oxygen atoms in total. The molecule has 0 fully saturated rings. The van der Waals surface area contributed by atoms with Gasteiger partial charge in [-0.05, 0) is 42.0 Å². The van der Waals surface area contributed by atoms with Gasteiger partial charge in [0.05, 0.1) is 35.3 Å². The van der Waals surface area contributed by atoms with Crippen LogP contribution in [-0.4, -0.2) is 25.4 Å². The van der Waals surface area contributed by atoms with Crippen molar-refractivity contribution in [2.75, 3.05) is 14.2 Å². The molecule has 184 valence electrons. The molecule has 1 aliphatic heterocycles. The molecule has 2 heterocycles. The number of hydrogen-bond donors (Lipinski definition) is 0. The molecule has 3 aromatic carbocycles. The highest BCUT2D eigenvalue weighted by molar-refractivity contribution is 7.99. The molecule has 0 saturated carbocycles. The number of thioether (sulfide) groups is 1. The Morgan fingerprint density at radius 1 is 0.973 bits per heavy atom. The van der Waals surface area contributed by atoms with E-state index in [1.807, 2.05) is 42.6 Å². The van der Waals surface area contributed by atoms with Gasteiger partial charge in [0.25, 0.3) is 0 Å². The molecule has 1 atom stereocenters. The molecule has 0 saturated heterocycles. The van der Waals surface area contributed by atoms with Crippen LogP contribution in [0.2, 0.25) is 10.0 Å². The van der Waals surface area contributed by atoms with Gasteiger partial charge in [-0.3, -0.25) is 9.98 Å². The number of nitriles is 1. The number of aliphatic imine (C=N–C) groups is 1. The Hall–Kier alpha value is -3.50. The molecule has 37 heavy (non-hydrogen) atoms. The van der Waals surface area contributed by atoms with Gasteiger partial charge < -0.3 is 9.47 Å². The fourth-order valence-electron chi connectivity index (χ4n) is 4.24. The summed E-state index contributed by atoms with van der Waals surface area (Å²) in [5.74, 6) is 1.90. The lowest BCUT2D eigenvalue weighted by Crippen LogP contribution is -2.16. The number of rotatable bonds is 7. The number of ether oxygens (including phenoxy) is 2. The van der Waals surface area contributed by atoms with Gasteiger partial charge in [-0.2, -0.15) is 5.26 Å². The van der Waals surface area contributed by atoms with Crippen molar-refractivity contribution >= 4 is 57.7 Å². The third-order valence-electron chi connectivity index (χ3n) is 6.12. The summed E-state index contributed by atoms with van der Waals surface area (Å²) < 4.78 is 11.3. The van der Waals surface area contributed by atoms with Crippen molar-refractivity contribution in [3.8, 4) is 17.6 Å². The van der Waals surface area contributed by atoms with E-state index in [0.717, 1.165) is 27.6 Å². The summed E-state index contributed by atoms with van der Waals surface area (Å²) in [5.41, 5.74) is 4.87. The number of methoxy groups -OCH3 is 2. The molecule has 5 rings (SSSR count). The molecule has 1 unspecified atom stereocenters. The SMILES string of the molecule is COc1cc(C2=CC(SCc3ccccc3)(c3cc4ncc(C#N)cc4cc3OC)N=C2)c(Cl)cc1Cl. The maximum atomic E-state index is 9.30. The molecule has 0 bridgehead atoms. The van der Waals surface area contributed by atoms with E-state index in [-0.39, 0.29) is 0 Å². The number of pyridine rings is 1. The van der Waals surface area contributed by atoms with Crippen LogP contribution in [0.4, 0.5) is 0 Å². The smallest absolute Gasteiger partial charge is 0.154 e. The molecule has 8 heteroatoms. The zero-order chi connectivity index (χ0) is 26.0. The molecule has 0 spiro atoms. The zero-order valence-electron chi connectivity index (χ0n) is 20.0. The minimum Gasteiger partial charge on any atom is -0.496 e. The van der Waals surface area contributed by atoms with Gasteiger partial charge in [-0.1, -0.05) is 53.5 Å². The summed E-state index contributed by atoms with van der Waals surface area (Å²) in [6, 6.07) is 21.6. The highest BCUT2D eigenvalue weighted by Crippen LogP contribution is 2.50. The van der Waals surface area contributed by atoms with Crippen LogP contribution < -0.4 is 9.47 Å². The maximum Gasteiger partial charge on any atom is 0.154 e. The lowest BCUT2D eigenvalue weighted by Gasteiger charge is -2.27. The standard InChI is InChI=1S/C29H21Cl2N3O2S/c1-35-27-9-20-8-19(14-32)15-33-26(20)11-23(27)29(37-17-18-6-4-3-5-7-18)13-21(16-34-29)22-10-28(36-2)25(31)12-24(22)30/h3-13,15-16H,17H2,1-2H3. The second-order valence-corrected chi connectivity index (χ2v) is 10.4. The van der Waals surface area contributed by atoms with Crippen LogP contribution in [0, 0.1) is 11.3 Å². The number of benzene rings is 3. The first-order chi connectivity index (χ1) is 18.0. The molecular weight excluding hydrogens is 525 g/mol. The average Bonchev–Trinajstić information content (AvgIpc) is 3.36. The van der Waals surface area contributed by atoms with Gasteiger partial charge in [0.1, 0.15) is 17.6 Å². The minimum atomic E-state index is -0.809. The lowest BCUT2D eigenvalue weighted by atomic mass is 9.99. The van der Waals surface area contributed by atoms with Crippen LogP contribution in [0.1, 0.15) is 22.3 Å². The van der Waals surface area contributed by atoms with Gasteiger partial charge in [-0.15, -0.1) is 11.8 Å². The number of nitrogens with zero attached hydrogens (tertiary/aromatic N) is 3. The van der Waals surface area contributed by atoms with Crippen LogP contribution in [0.5, 0.6) is 11.5 Å². The summed E-state index contributed by atoms with van der Waals surface area (Å²) >= 11 is 14.6. The van der Waals surface area contributed by atoms with E-state index in [4.69, 9.17) is 37.7 Å². The van der Waals surface area contributed by atoms with Crippen molar-refractivity contribution in [1.82, 2.24) is 4.98 Å². The van der Waals surface area contributed by atoms with Crippen molar-refractivity contribution in [2.24, 2.45) is 4.99 Å². The van der Waals surface area contributed by atoms with Crippen LogP contribution in [-0.2, 0) is 10.6 Å². The predicted octanol–water partition coefficient (Wildman–Crippen LogP) is 7.68. The molecule has 0 N–H and O–H groups in total. The molecule has 1 aliphatic rings. The Labute approximate surface area is 229 Å². The van der Waals surface area contributed by atoms with Crippen molar-refractivity contribution in [1.29, 1.82) is 5.26 Å². The van der Waals surface area contributed by atoms with Gasteiger partial charge in [0.2, 0.25) is 0 Å². The number of halogens is 2. The zero-order valence-corrected chi connectivity index (χ0v) is 22.4. The summed E-state index contributed by atoms with van der Waals surface area (Å²) in [4.78, 5) is 8.74. The monoisotopic (exact) mass is 545 g/mol. The quantitative estimate of drug-likeness (QED) is 0.238. The highest BCUT2D eigenvalue weighted by Gasteiger charge is 2.37. The van der Waals surface area contributed by atoms with Gasteiger partial charge >= 0.3 is 0 Å². The summed E-state index contributed by atoms with van der Waals surface area (Å²) in [7, 11) is 3.20. The Kier molecular flexibility index (Phi) is 7.12. The molecule has 0 radical (unpaired) electrons. The summed E-state index contributed by atoms with van der Waals surface area (Å²) in [6.45, 7) is 0. The van der Waals surface area contributed by atoms with Crippen LogP contribution in [0.15, 0.2) is 77.9 Å². The van der Waals surface area contributed by atoms with E-state index in [1.165, 1.54) is 5.56 Å². The average molecular weight is 546 g/mol. The van der Waals surface area contributed by atoms with Crippen LogP contribution >= 0.6 is 35.0 Å². The molecular formula is C29H21Cl2N3O2S. The molecule has 1 aromatic heterocycles. The second-order valence-electron chi connectivity index (χ2n) is 8.38. The maximum absolute atomic E-state index is 9.30. The van der Waals surface area contributed by atoms with Crippen molar-refractivity contribution in [3.63, 3.8) is 0 Å². The molecule has 0 aliphatic carbocycles. The molecule has 0 amide bonds. The van der Waals surface area contributed by atoms with Crippen molar-refractivity contribution in [2.45, 2.75) is 10.6 Å². The number of hydrogen-bond acceptors (Lipinski definition) is 6. The summed E-state index contributed by atoms with van der Waals surface area (Å²) in [5, 5.41) is 11.1. The Balaban J connectivity index is 1.67. The topological polar surface area (TPSA) is 67.5 Å². The van der Waals surface area contributed by atoms with E-state index in [9.17, 15) is 5.26 Å². The largest absolute Gasteiger partial charge is 0.496 e. The van der Waals surface area contributed by atoms with Crippen molar-refractivity contribution in [3.05, 3.63) is 105 Å². The van der Waals surface area contributed by atoms with Gasteiger partial charge in [0.15, 0.2) is 4.87 Å². The number of allylic oxidation sites excluding steroid dienone is 1. The lowest BCUT2D eigenvalue weighted by molar-refractivity contribution is 0.407. The fraction of sp³-hybridized carbons (Fsp3) is 0.138. The van der Waals surface area contributed by atoms with Gasteiger partial charge in [-0.25, -0.2) is 0 Å². The Morgan fingerprint density at radius 2 is 1.76 bits per heavy atom. The van der Waals surface area contributed by atoms with Gasteiger partial charge in [0, 0.05) is 40.3 Å². The van der Waals surface area contributed by atoms with Crippen LogP contribution in [0.3, 0.4) is 0 Å². The normalized spacial score (nSPS) is 16.5. The highest BCUT2D eigenvalue weighted by atomic mass is 35.5. The number of aromatic nitrogens is 1. The van der Waals surface area contributed by atoms with E-state index in [1.54, 1.807) is 44.3 Å². The van der Waals surface area contributed by atoms with Crippen molar-refractivity contribution < 1.29 is 9.47 Å². The Bertz CT molecular complexity index is 1600. The van der Waals surface area contributed by atoms with Crippen LogP contribution in [0.25, 0.3) is 16.5 Å². The first-order valence-corrected chi connectivity index (χ1v) is 13.1. The number of fused-ring (bicyclic) bond motifs is 1. The Morgan fingerprint density at radius 3 is 2.49 bits per heavy atom. The third-order valence-corrected chi connectivity index (χ3v) is 8.09. The van der Waals surface area contributed by atoms with E-state index in [0.29, 0.717) is 32.9 Å².